The van der Waals surface area contributed by atoms with Gasteiger partial charge in [0.25, 0.3) is 0 Å². The smallest absolute Gasteiger partial charge is 0.0991 e. The maximum absolute atomic E-state index is 6.22. The lowest BCUT2D eigenvalue weighted by atomic mass is 10.0. The molecule has 2 atom stereocenters. The van der Waals surface area contributed by atoms with Crippen molar-refractivity contribution in [1.82, 2.24) is 0 Å². The fraction of sp³-hybridized carbons (Fsp3) is 0.250. The monoisotopic (exact) mass is 353 g/mol. The van der Waals surface area contributed by atoms with Crippen LogP contribution in [-0.2, 0) is 11.3 Å². The standard InChI is InChI=1S/C16H17BrClNO/c1-11(19)16(14-4-2-3-5-15(14)18)20-10-12-6-8-13(17)9-7-12/h2-9,11,16H,10,19H2,1H3. The molecule has 2 unspecified atom stereocenters. The lowest BCUT2D eigenvalue weighted by Gasteiger charge is -2.23. The quantitative estimate of drug-likeness (QED) is 0.844. The average Bonchev–Trinajstić information content (AvgIpc) is 2.42. The second-order valence-corrected chi connectivity index (χ2v) is 6.06. The van der Waals surface area contributed by atoms with Gasteiger partial charge in [0.1, 0.15) is 0 Å². The lowest BCUT2D eigenvalue weighted by Crippen LogP contribution is -2.27. The molecule has 0 saturated heterocycles. The Kier molecular flexibility index (Phi) is 5.61. The Morgan fingerprint density at radius 3 is 2.40 bits per heavy atom. The lowest BCUT2D eigenvalue weighted by molar-refractivity contribution is 0.0259. The molecule has 0 fully saturated rings. The SMILES string of the molecule is CC(N)C(OCc1ccc(Br)cc1)c1ccccc1Cl. The highest BCUT2D eigenvalue weighted by Gasteiger charge is 2.19. The second-order valence-electron chi connectivity index (χ2n) is 4.74. The summed E-state index contributed by atoms with van der Waals surface area (Å²) in [4.78, 5) is 0. The van der Waals surface area contributed by atoms with E-state index in [0.717, 1.165) is 15.6 Å². The molecule has 0 spiro atoms. The van der Waals surface area contributed by atoms with Crippen molar-refractivity contribution in [2.24, 2.45) is 5.73 Å². The van der Waals surface area contributed by atoms with Gasteiger partial charge in [-0.05, 0) is 30.7 Å². The van der Waals surface area contributed by atoms with Crippen molar-refractivity contribution >= 4 is 27.5 Å². The fourth-order valence-corrected chi connectivity index (χ4v) is 2.50. The van der Waals surface area contributed by atoms with Crippen LogP contribution >= 0.6 is 27.5 Å². The van der Waals surface area contributed by atoms with Crippen molar-refractivity contribution in [3.8, 4) is 0 Å². The topological polar surface area (TPSA) is 35.2 Å². The molecule has 2 aromatic rings. The normalized spacial score (nSPS) is 14.0. The van der Waals surface area contributed by atoms with E-state index in [1.807, 2.05) is 55.5 Å². The summed E-state index contributed by atoms with van der Waals surface area (Å²) in [6, 6.07) is 15.6. The number of hydrogen-bond donors (Lipinski definition) is 1. The van der Waals surface area contributed by atoms with E-state index in [-0.39, 0.29) is 12.1 Å². The highest BCUT2D eigenvalue weighted by atomic mass is 79.9. The van der Waals surface area contributed by atoms with Crippen molar-refractivity contribution in [3.05, 3.63) is 69.2 Å². The maximum Gasteiger partial charge on any atom is 0.0991 e. The van der Waals surface area contributed by atoms with Gasteiger partial charge in [0.05, 0.1) is 12.7 Å². The van der Waals surface area contributed by atoms with E-state index in [2.05, 4.69) is 15.9 Å². The van der Waals surface area contributed by atoms with Crippen LogP contribution in [0.15, 0.2) is 53.0 Å². The van der Waals surface area contributed by atoms with Crippen LogP contribution in [0.4, 0.5) is 0 Å². The van der Waals surface area contributed by atoms with Gasteiger partial charge in [-0.15, -0.1) is 0 Å². The van der Waals surface area contributed by atoms with Crippen molar-refractivity contribution in [3.63, 3.8) is 0 Å². The first-order valence-electron chi connectivity index (χ1n) is 6.44. The largest absolute Gasteiger partial charge is 0.367 e. The molecule has 0 radical (unpaired) electrons. The molecule has 0 aliphatic heterocycles. The Balaban J connectivity index is 2.11. The van der Waals surface area contributed by atoms with Crippen LogP contribution in [0.1, 0.15) is 24.2 Å². The Bertz CT molecular complexity index is 557. The van der Waals surface area contributed by atoms with Crippen LogP contribution < -0.4 is 5.73 Å². The summed E-state index contributed by atoms with van der Waals surface area (Å²) in [6.07, 6.45) is -0.215. The van der Waals surface area contributed by atoms with E-state index in [1.165, 1.54) is 0 Å². The molecule has 0 heterocycles. The zero-order chi connectivity index (χ0) is 14.5. The third kappa shape index (κ3) is 4.06. The molecule has 2 nitrogen and oxygen atoms in total. The molecule has 0 aromatic heterocycles. The molecule has 0 saturated carbocycles. The highest BCUT2D eigenvalue weighted by molar-refractivity contribution is 9.10. The summed E-state index contributed by atoms with van der Waals surface area (Å²) in [7, 11) is 0. The summed E-state index contributed by atoms with van der Waals surface area (Å²) in [5, 5.41) is 0.686. The van der Waals surface area contributed by atoms with Crippen molar-refractivity contribution in [2.45, 2.75) is 25.7 Å². The zero-order valence-corrected chi connectivity index (χ0v) is 13.6. The van der Waals surface area contributed by atoms with Gasteiger partial charge in [-0.25, -0.2) is 0 Å². The zero-order valence-electron chi connectivity index (χ0n) is 11.2. The van der Waals surface area contributed by atoms with E-state index in [9.17, 15) is 0 Å². The number of benzene rings is 2. The molecular weight excluding hydrogens is 338 g/mol. The van der Waals surface area contributed by atoms with E-state index < -0.39 is 0 Å². The van der Waals surface area contributed by atoms with Gasteiger partial charge < -0.3 is 10.5 Å². The van der Waals surface area contributed by atoms with Gasteiger partial charge in [0, 0.05) is 21.1 Å². The molecule has 0 aliphatic carbocycles. The molecule has 0 amide bonds. The van der Waals surface area contributed by atoms with Crippen LogP contribution in [-0.4, -0.2) is 6.04 Å². The van der Waals surface area contributed by atoms with Crippen molar-refractivity contribution in [1.29, 1.82) is 0 Å². The minimum atomic E-state index is -0.215. The van der Waals surface area contributed by atoms with Gasteiger partial charge in [-0.1, -0.05) is 57.9 Å². The van der Waals surface area contributed by atoms with E-state index >= 15 is 0 Å². The molecule has 2 N–H and O–H groups in total. The Morgan fingerprint density at radius 1 is 1.15 bits per heavy atom. The molecule has 0 aliphatic rings. The van der Waals surface area contributed by atoms with Crippen molar-refractivity contribution in [2.75, 3.05) is 0 Å². The minimum Gasteiger partial charge on any atom is -0.367 e. The average molecular weight is 355 g/mol. The fourth-order valence-electron chi connectivity index (χ4n) is 2.00. The summed E-state index contributed by atoms with van der Waals surface area (Å²) < 4.78 is 7.02. The van der Waals surface area contributed by atoms with Gasteiger partial charge in [-0.2, -0.15) is 0 Å². The van der Waals surface area contributed by atoms with E-state index in [4.69, 9.17) is 22.1 Å². The third-order valence-corrected chi connectivity index (χ3v) is 3.90. The summed E-state index contributed by atoms with van der Waals surface area (Å²) in [5.74, 6) is 0. The van der Waals surface area contributed by atoms with Crippen LogP contribution in [0, 0.1) is 0 Å². The highest BCUT2D eigenvalue weighted by Crippen LogP contribution is 2.28. The molecule has 20 heavy (non-hydrogen) atoms. The van der Waals surface area contributed by atoms with Crippen LogP contribution in [0.5, 0.6) is 0 Å². The van der Waals surface area contributed by atoms with Gasteiger partial charge in [0.15, 0.2) is 0 Å². The molecule has 0 bridgehead atoms. The second kappa shape index (κ2) is 7.23. The van der Waals surface area contributed by atoms with E-state index in [1.54, 1.807) is 0 Å². The Hall–Kier alpha value is -0.870. The first kappa shape index (κ1) is 15.5. The number of hydrogen-bond acceptors (Lipinski definition) is 2. The van der Waals surface area contributed by atoms with Crippen molar-refractivity contribution < 1.29 is 4.74 Å². The minimum absolute atomic E-state index is 0.134. The maximum atomic E-state index is 6.22. The molecule has 106 valence electrons. The molecule has 4 heteroatoms. The molecule has 2 rings (SSSR count). The number of halogens is 2. The number of nitrogens with two attached hydrogens (primary N) is 1. The predicted molar refractivity (Wildman–Crippen MR) is 86.8 cm³/mol. The van der Waals surface area contributed by atoms with Gasteiger partial charge >= 0.3 is 0 Å². The van der Waals surface area contributed by atoms with E-state index in [0.29, 0.717) is 11.6 Å². The predicted octanol–water partition coefficient (Wildman–Crippen LogP) is 4.71. The van der Waals surface area contributed by atoms with Gasteiger partial charge in [-0.3, -0.25) is 0 Å². The van der Waals surface area contributed by atoms with Crippen LogP contribution in [0.2, 0.25) is 5.02 Å². The van der Waals surface area contributed by atoms with Crippen LogP contribution in [0.25, 0.3) is 0 Å². The number of rotatable bonds is 5. The molecule has 2 aromatic carbocycles. The first-order chi connectivity index (χ1) is 9.58. The summed E-state index contributed by atoms with van der Waals surface area (Å²) >= 11 is 9.64. The Morgan fingerprint density at radius 2 is 1.80 bits per heavy atom. The third-order valence-electron chi connectivity index (χ3n) is 3.03. The van der Waals surface area contributed by atoms with Crippen LogP contribution in [0.3, 0.4) is 0 Å². The number of ether oxygens (including phenoxy) is 1. The summed E-state index contributed by atoms with van der Waals surface area (Å²) in [6.45, 7) is 2.43. The molecular formula is C16H17BrClNO. The van der Waals surface area contributed by atoms with Gasteiger partial charge in [0.2, 0.25) is 0 Å². The summed E-state index contributed by atoms with van der Waals surface area (Å²) in [5.41, 5.74) is 8.07. The first-order valence-corrected chi connectivity index (χ1v) is 7.61. The Labute approximate surface area is 133 Å².